The Balaban J connectivity index is 2.04. The Hall–Kier alpha value is -1.71. The highest BCUT2D eigenvalue weighted by Crippen LogP contribution is 2.20. The van der Waals surface area contributed by atoms with Gasteiger partial charge in [-0.05, 0) is 18.4 Å². The SMILES string of the molecule is O=[N+]([O-])c1cccc(C=NC2CCCCC2)c1. The Morgan fingerprint density at radius 1 is 1.29 bits per heavy atom. The molecular formula is C13H16N2O2. The molecule has 0 bridgehead atoms. The first kappa shape index (κ1) is 11.8. The van der Waals surface area contributed by atoms with Gasteiger partial charge in [-0.2, -0.15) is 0 Å². The number of hydrogen-bond acceptors (Lipinski definition) is 3. The van der Waals surface area contributed by atoms with E-state index in [-0.39, 0.29) is 10.6 Å². The van der Waals surface area contributed by atoms with Crippen molar-refractivity contribution in [3.63, 3.8) is 0 Å². The monoisotopic (exact) mass is 232 g/mol. The minimum absolute atomic E-state index is 0.123. The molecule has 0 saturated heterocycles. The van der Waals surface area contributed by atoms with Gasteiger partial charge in [0.05, 0.1) is 4.92 Å². The van der Waals surface area contributed by atoms with Crippen LogP contribution in [0.25, 0.3) is 0 Å². The summed E-state index contributed by atoms with van der Waals surface area (Å²) >= 11 is 0. The molecule has 0 amide bonds. The largest absolute Gasteiger partial charge is 0.289 e. The van der Waals surface area contributed by atoms with E-state index >= 15 is 0 Å². The van der Waals surface area contributed by atoms with Crippen LogP contribution in [0.3, 0.4) is 0 Å². The fraction of sp³-hybridized carbons (Fsp3) is 0.462. The zero-order valence-corrected chi connectivity index (χ0v) is 9.71. The Bertz CT molecular complexity index is 423. The molecule has 0 N–H and O–H groups in total. The van der Waals surface area contributed by atoms with Crippen molar-refractivity contribution in [2.75, 3.05) is 0 Å². The van der Waals surface area contributed by atoms with Crippen molar-refractivity contribution in [3.05, 3.63) is 39.9 Å². The van der Waals surface area contributed by atoms with E-state index in [1.807, 2.05) is 6.07 Å². The van der Waals surface area contributed by atoms with Crippen molar-refractivity contribution in [2.24, 2.45) is 4.99 Å². The average molecular weight is 232 g/mol. The zero-order chi connectivity index (χ0) is 12.1. The van der Waals surface area contributed by atoms with E-state index in [0.717, 1.165) is 18.4 Å². The molecule has 0 aliphatic heterocycles. The van der Waals surface area contributed by atoms with Gasteiger partial charge in [-0.25, -0.2) is 0 Å². The van der Waals surface area contributed by atoms with Gasteiger partial charge in [-0.1, -0.05) is 31.4 Å². The molecular weight excluding hydrogens is 216 g/mol. The van der Waals surface area contributed by atoms with Gasteiger partial charge in [0.1, 0.15) is 0 Å². The van der Waals surface area contributed by atoms with E-state index in [4.69, 9.17) is 0 Å². The molecule has 2 rings (SSSR count). The summed E-state index contributed by atoms with van der Waals surface area (Å²) < 4.78 is 0. The highest BCUT2D eigenvalue weighted by Gasteiger charge is 2.11. The second-order valence-electron chi connectivity index (χ2n) is 4.42. The molecule has 4 heteroatoms. The summed E-state index contributed by atoms with van der Waals surface area (Å²) in [7, 11) is 0. The zero-order valence-electron chi connectivity index (χ0n) is 9.71. The van der Waals surface area contributed by atoms with Crippen molar-refractivity contribution in [3.8, 4) is 0 Å². The molecule has 0 unspecified atom stereocenters. The molecule has 90 valence electrons. The molecule has 0 aromatic heterocycles. The number of nitrogens with zero attached hydrogens (tertiary/aromatic N) is 2. The topological polar surface area (TPSA) is 55.5 Å². The summed E-state index contributed by atoms with van der Waals surface area (Å²) in [6, 6.07) is 7.01. The Labute approximate surface area is 101 Å². The van der Waals surface area contributed by atoms with Gasteiger partial charge in [-0.15, -0.1) is 0 Å². The predicted octanol–water partition coefficient (Wildman–Crippen LogP) is 3.35. The van der Waals surface area contributed by atoms with Crippen LogP contribution in [0.1, 0.15) is 37.7 Å². The first-order valence-electron chi connectivity index (χ1n) is 6.03. The summed E-state index contributed by atoms with van der Waals surface area (Å²) in [5.74, 6) is 0. The molecule has 0 spiro atoms. The van der Waals surface area contributed by atoms with Gasteiger partial charge in [0.15, 0.2) is 0 Å². The van der Waals surface area contributed by atoms with Crippen LogP contribution in [0.15, 0.2) is 29.3 Å². The van der Waals surface area contributed by atoms with Crippen molar-refractivity contribution in [1.29, 1.82) is 0 Å². The van der Waals surface area contributed by atoms with Gasteiger partial charge in [-0.3, -0.25) is 15.1 Å². The summed E-state index contributed by atoms with van der Waals surface area (Å²) in [6.45, 7) is 0. The van der Waals surface area contributed by atoms with E-state index in [0.29, 0.717) is 6.04 Å². The van der Waals surface area contributed by atoms with E-state index in [1.165, 1.54) is 25.3 Å². The number of hydrogen-bond donors (Lipinski definition) is 0. The minimum Gasteiger partial charge on any atom is -0.289 e. The number of rotatable bonds is 3. The minimum atomic E-state index is -0.377. The van der Waals surface area contributed by atoms with E-state index in [9.17, 15) is 10.1 Å². The Morgan fingerprint density at radius 2 is 2.06 bits per heavy atom. The fourth-order valence-electron chi connectivity index (χ4n) is 2.14. The maximum absolute atomic E-state index is 10.6. The lowest BCUT2D eigenvalue weighted by atomic mass is 9.96. The molecule has 1 fully saturated rings. The Morgan fingerprint density at radius 3 is 2.76 bits per heavy atom. The van der Waals surface area contributed by atoms with Crippen molar-refractivity contribution in [2.45, 2.75) is 38.1 Å². The second kappa shape index (κ2) is 5.57. The van der Waals surface area contributed by atoms with Crippen LogP contribution in [0.5, 0.6) is 0 Å². The fourth-order valence-corrected chi connectivity index (χ4v) is 2.14. The number of non-ortho nitro benzene ring substituents is 1. The molecule has 17 heavy (non-hydrogen) atoms. The van der Waals surface area contributed by atoms with Crippen LogP contribution >= 0.6 is 0 Å². The summed E-state index contributed by atoms with van der Waals surface area (Å²) in [4.78, 5) is 14.7. The van der Waals surface area contributed by atoms with Crippen LogP contribution in [0.2, 0.25) is 0 Å². The second-order valence-corrected chi connectivity index (χ2v) is 4.42. The van der Waals surface area contributed by atoms with E-state index in [1.54, 1.807) is 18.3 Å². The van der Waals surface area contributed by atoms with Gasteiger partial charge in [0.25, 0.3) is 5.69 Å². The van der Waals surface area contributed by atoms with Crippen LogP contribution in [0.4, 0.5) is 5.69 Å². The molecule has 1 aliphatic rings. The quantitative estimate of drug-likeness (QED) is 0.456. The standard InChI is InChI=1S/C13H16N2O2/c16-15(17)13-8-4-5-11(9-13)10-14-12-6-2-1-3-7-12/h4-5,8-10,12H,1-3,6-7H2. The molecule has 0 atom stereocenters. The number of nitro benzene ring substituents is 1. The maximum atomic E-state index is 10.6. The van der Waals surface area contributed by atoms with Crippen LogP contribution < -0.4 is 0 Å². The molecule has 1 saturated carbocycles. The Kier molecular flexibility index (Phi) is 3.85. The van der Waals surface area contributed by atoms with Crippen molar-refractivity contribution >= 4 is 11.9 Å². The third-order valence-electron chi connectivity index (χ3n) is 3.09. The predicted molar refractivity (Wildman–Crippen MR) is 67.6 cm³/mol. The van der Waals surface area contributed by atoms with Crippen LogP contribution in [-0.4, -0.2) is 17.2 Å². The summed E-state index contributed by atoms with van der Waals surface area (Å²) in [5.41, 5.74) is 0.933. The number of benzene rings is 1. The molecule has 0 radical (unpaired) electrons. The molecule has 4 nitrogen and oxygen atoms in total. The molecule has 0 heterocycles. The average Bonchev–Trinajstić information content (AvgIpc) is 2.38. The molecule has 1 aromatic rings. The van der Waals surface area contributed by atoms with Gasteiger partial charge in [0, 0.05) is 24.4 Å². The highest BCUT2D eigenvalue weighted by molar-refractivity contribution is 5.80. The lowest BCUT2D eigenvalue weighted by Gasteiger charge is -2.16. The number of aliphatic imine (C=N–C) groups is 1. The van der Waals surface area contributed by atoms with Crippen molar-refractivity contribution < 1.29 is 4.92 Å². The smallest absolute Gasteiger partial charge is 0.270 e. The van der Waals surface area contributed by atoms with E-state index < -0.39 is 0 Å². The van der Waals surface area contributed by atoms with Gasteiger partial charge >= 0.3 is 0 Å². The third-order valence-corrected chi connectivity index (χ3v) is 3.09. The van der Waals surface area contributed by atoms with Crippen LogP contribution in [0, 0.1) is 10.1 Å². The molecule has 1 aliphatic carbocycles. The molecule has 1 aromatic carbocycles. The van der Waals surface area contributed by atoms with Gasteiger partial charge < -0.3 is 0 Å². The summed E-state index contributed by atoms with van der Waals surface area (Å²) in [6.07, 6.45) is 7.86. The third kappa shape index (κ3) is 3.37. The summed E-state index contributed by atoms with van der Waals surface area (Å²) in [5, 5.41) is 10.6. The lowest BCUT2D eigenvalue weighted by Crippen LogP contribution is -2.09. The van der Waals surface area contributed by atoms with E-state index in [2.05, 4.69) is 4.99 Å². The first-order chi connectivity index (χ1) is 8.25. The maximum Gasteiger partial charge on any atom is 0.270 e. The lowest BCUT2D eigenvalue weighted by molar-refractivity contribution is -0.384. The van der Waals surface area contributed by atoms with Crippen molar-refractivity contribution in [1.82, 2.24) is 0 Å². The highest BCUT2D eigenvalue weighted by atomic mass is 16.6. The first-order valence-corrected chi connectivity index (χ1v) is 6.03. The van der Waals surface area contributed by atoms with Crippen LogP contribution in [-0.2, 0) is 0 Å². The van der Waals surface area contributed by atoms with Gasteiger partial charge in [0.2, 0.25) is 0 Å². The normalized spacial score (nSPS) is 17.4. The number of nitro groups is 1.